The topological polar surface area (TPSA) is 76.1 Å². The molecule has 2 aromatic carbocycles. The molecule has 0 aliphatic carbocycles. The van der Waals surface area contributed by atoms with Crippen LogP contribution in [0.4, 0.5) is 18.9 Å². The quantitative estimate of drug-likeness (QED) is 0.588. The van der Waals surface area contributed by atoms with Crippen LogP contribution in [0.25, 0.3) is 0 Å². The van der Waals surface area contributed by atoms with Crippen LogP contribution in [0.2, 0.25) is 5.02 Å². The van der Waals surface area contributed by atoms with Crippen LogP contribution in [0, 0.1) is 0 Å². The van der Waals surface area contributed by atoms with Gasteiger partial charge in [-0.2, -0.15) is 13.2 Å². The van der Waals surface area contributed by atoms with Crippen molar-refractivity contribution < 1.29 is 27.9 Å². The van der Waals surface area contributed by atoms with Gasteiger partial charge in [0.2, 0.25) is 0 Å². The highest BCUT2D eigenvalue weighted by Gasteiger charge is 2.62. The van der Waals surface area contributed by atoms with Crippen LogP contribution >= 0.6 is 11.6 Å². The minimum atomic E-state index is -5.19. The lowest BCUT2D eigenvalue weighted by molar-refractivity contribution is -0.262. The third-order valence-electron chi connectivity index (χ3n) is 7.05. The van der Waals surface area contributed by atoms with Gasteiger partial charge in [0.15, 0.2) is 0 Å². The second kappa shape index (κ2) is 10.5. The van der Waals surface area contributed by atoms with E-state index in [2.05, 4.69) is 10.2 Å². The van der Waals surface area contributed by atoms with E-state index in [1.165, 1.54) is 17.0 Å². The molecule has 4 rings (SSSR count). The van der Waals surface area contributed by atoms with E-state index in [4.69, 9.17) is 11.6 Å². The maximum absolute atomic E-state index is 13.9. The van der Waals surface area contributed by atoms with Crippen molar-refractivity contribution in [2.75, 3.05) is 45.6 Å². The average Bonchev–Trinajstić information content (AvgIpc) is 2.84. The number of nitrogens with zero attached hydrogens (tertiary/aromatic N) is 3. The summed E-state index contributed by atoms with van der Waals surface area (Å²) in [7, 11) is 3.40. The largest absolute Gasteiger partial charge is 0.430 e. The van der Waals surface area contributed by atoms with Crippen LogP contribution in [-0.2, 0) is 10.4 Å². The fourth-order valence-corrected chi connectivity index (χ4v) is 5.08. The van der Waals surface area contributed by atoms with E-state index in [-0.39, 0.29) is 36.1 Å². The summed E-state index contributed by atoms with van der Waals surface area (Å²) in [5.74, 6) is -1.44. The summed E-state index contributed by atoms with van der Waals surface area (Å²) in [6, 6.07) is 12.3. The Kier molecular flexibility index (Phi) is 7.73. The number of amides is 2. The van der Waals surface area contributed by atoms with Gasteiger partial charge < -0.3 is 20.2 Å². The van der Waals surface area contributed by atoms with Crippen molar-refractivity contribution in [3.05, 3.63) is 64.7 Å². The van der Waals surface area contributed by atoms with Crippen molar-refractivity contribution >= 4 is 29.1 Å². The number of anilines is 1. The molecule has 2 saturated heterocycles. The normalized spacial score (nSPS) is 19.2. The predicted molar refractivity (Wildman–Crippen MR) is 134 cm³/mol. The highest BCUT2D eigenvalue weighted by molar-refractivity contribution is 6.30. The molecule has 37 heavy (non-hydrogen) atoms. The van der Waals surface area contributed by atoms with E-state index in [0.29, 0.717) is 18.4 Å². The first kappa shape index (κ1) is 27.2. The Hall–Kier alpha value is -2.82. The number of rotatable bonds is 6. The minimum Gasteiger partial charge on any atom is -0.380 e. The van der Waals surface area contributed by atoms with Crippen molar-refractivity contribution in [1.29, 1.82) is 0 Å². The summed E-state index contributed by atoms with van der Waals surface area (Å²) in [6.07, 6.45) is -4.16. The Bertz CT molecular complexity index is 1130. The molecule has 0 saturated carbocycles. The number of alkyl halides is 3. The smallest absolute Gasteiger partial charge is 0.380 e. The maximum atomic E-state index is 13.9. The Morgan fingerprint density at radius 2 is 1.68 bits per heavy atom. The van der Waals surface area contributed by atoms with E-state index in [1.54, 1.807) is 26.2 Å². The van der Waals surface area contributed by atoms with Gasteiger partial charge in [-0.05, 0) is 49.2 Å². The summed E-state index contributed by atoms with van der Waals surface area (Å²) < 4.78 is 41.8. The molecular formula is C26H30ClF3N4O3. The number of likely N-dealkylation sites (tertiary alicyclic amines) is 2. The summed E-state index contributed by atoms with van der Waals surface area (Å²) in [5, 5.41) is 14.1. The number of hydrogen-bond acceptors (Lipinski definition) is 5. The third kappa shape index (κ3) is 5.56. The van der Waals surface area contributed by atoms with Gasteiger partial charge in [-0.25, -0.2) is 0 Å². The Balaban J connectivity index is 1.30. The summed E-state index contributed by atoms with van der Waals surface area (Å²) in [4.78, 5) is 29.8. The number of carbonyl (C=O) groups excluding carboxylic acids is 2. The molecule has 11 heteroatoms. The van der Waals surface area contributed by atoms with Gasteiger partial charge in [0.25, 0.3) is 17.4 Å². The Labute approximate surface area is 218 Å². The SMILES string of the molecule is CN(C)C(=O)c1ccc(NC2CN(C3CCN(C(=O)[C@](O)(c4cccc(Cl)c4)C(F)(F)F)CC3)C2)cc1. The highest BCUT2D eigenvalue weighted by atomic mass is 35.5. The van der Waals surface area contributed by atoms with Crippen molar-refractivity contribution in [3.63, 3.8) is 0 Å². The van der Waals surface area contributed by atoms with Gasteiger partial charge in [0, 0.05) is 68.2 Å². The molecule has 2 aliphatic rings. The van der Waals surface area contributed by atoms with Crippen LogP contribution in [0.15, 0.2) is 48.5 Å². The van der Waals surface area contributed by atoms with E-state index in [1.807, 2.05) is 12.1 Å². The molecule has 2 aliphatic heterocycles. The molecule has 2 N–H and O–H groups in total. The number of hydrogen-bond donors (Lipinski definition) is 2. The van der Waals surface area contributed by atoms with Crippen LogP contribution < -0.4 is 5.32 Å². The molecule has 0 radical (unpaired) electrons. The minimum absolute atomic E-state index is 0.00521. The first-order valence-electron chi connectivity index (χ1n) is 12.1. The molecule has 200 valence electrons. The second-order valence-electron chi connectivity index (χ2n) is 9.81. The van der Waals surface area contributed by atoms with Crippen LogP contribution in [-0.4, -0.2) is 90.2 Å². The van der Waals surface area contributed by atoms with Gasteiger partial charge in [0.05, 0.1) is 6.04 Å². The average molecular weight is 539 g/mol. The van der Waals surface area contributed by atoms with Crippen molar-refractivity contribution in [3.8, 4) is 0 Å². The zero-order valence-corrected chi connectivity index (χ0v) is 21.4. The van der Waals surface area contributed by atoms with Crippen molar-refractivity contribution in [2.45, 2.75) is 36.7 Å². The van der Waals surface area contributed by atoms with E-state index in [0.717, 1.165) is 35.8 Å². The Morgan fingerprint density at radius 1 is 1.05 bits per heavy atom. The predicted octanol–water partition coefficient (Wildman–Crippen LogP) is 3.58. The number of halogens is 4. The Morgan fingerprint density at radius 3 is 2.22 bits per heavy atom. The molecule has 2 aromatic rings. The zero-order valence-electron chi connectivity index (χ0n) is 20.6. The van der Waals surface area contributed by atoms with Crippen molar-refractivity contribution in [1.82, 2.24) is 14.7 Å². The monoisotopic (exact) mass is 538 g/mol. The lowest BCUT2D eigenvalue weighted by Crippen LogP contribution is -2.62. The van der Waals surface area contributed by atoms with Gasteiger partial charge in [0.1, 0.15) is 0 Å². The zero-order chi connectivity index (χ0) is 27.0. The summed E-state index contributed by atoms with van der Waals surface area (Å²) in [6.45, 7) is 1.79. The molecule has 7 nitrogen and oxygen atoms in total. The van der Waals surface area contributed by atoms with E-state index >= 15 is 0 Å². The molecule has 0 unspecified atom stereocenters. The first-order valence-corrected chi connectivity index (χ1v) is 12.4. The van der Waals surface area contributed by atoms with E-state index in [9.17, 15) is 27.9 Å². The fraction of sp³-hybridized carbons (Fsp3) is 0.462. The molecule has 2 fully saturated rings. The standard InChI is InChI=1S/C26H30ClF3N4O3/c1-32(2)23(35)17-6-8-20(9-7-17)31-21-15-34(16-21)22-10-12-33(13-11-22)24(36)25(37,26(28,29)30)18-4-3-5-19(27)14-18/h3-9,14,21-22,31,37H,10-13,15-16H2,1-2H3/t25-/m1/s1. The molecule has 0 aromatic heterocycles. The lowest BCUT2D eigenvalue weighted by atomic mass is 9.89. The number of nitrogens with one attached hydrogen (secondary N) is 1. The first-order chi connectivity index (χ1) is 17.4. The summed E-state index contributed by atoms with van der Waals surface area (Å²) >= 11 is 5.83. The second-order valence-corrected chi connectivity index (χ2v) is 10.3. The van der Waals surface area contributed by atoms with Gasteiger partial charge >= 0.3 is 6.18 Å². The van der Waals surface area contributed by atoms with E-state index < -0.39 is 23.2 Å². The van der Waals surface area contributed by atoms with Crippen LogP contribution in [0.5, 0.6) is 0 Å². The molecule has 1 atom stereocenters. The number of benzene rings is 2. The van der Waals surface area contributed by atoms with Gasteiger partial charge in [-0.15, -0.1) is 0 Å². The fourth-order valence-electron chi connectivity index (χ4n) is 4.89. The molecule has 0 spiro atoms. The van der Waals surface area contributed by atoms with Gasteiger partial charge in [-0.3, -0.25) is 14.5 Å². The molecule has 0 bridgehead atoms. The van der Waals surface area contributed by atoms with Crippen LogP contribution in [0.1, 0.15) is 28.8 Å². The highest BCUT2D eigenvalue weighted by Crippen LogP contribution is 2.41. The molecule has 2 amide bonds. The summed E-state index contributed by atoms with van der Waals surface area (Å²) in [5.41, 5.74) is -2.72. The maximum Gasteiger partial charge on any atom is 0.430 e. The molecular weight excluding hydrogens is 509 g/mol. The lowest BCUT2D eigenvalue weighted by Gasteiger charge is -2.48. The molecule has 2 heterocycles. The van der Waals surface area contributed by atoms with Crippen LogP contribution in [0.3, 0.4) is 0 Å². The number of piperidine rings is 1. The number of carbonyl (C=O) groups is 2. The third-order valence-corrected chi connectivity index (χ3v) is 7.28. The van der Waals surface area contributed by atoms with Crippen molar-refractivity contribution in [2.24, 2.45) is 0 Å². The number of aliphatic hydroxyl groups is 1. The van der Waals surface area contributed by atoms with Gasteiger partial charge in [-0.1, -0.05) is 23.7 Å².